The second kappa shape index (κ2) is 5.25. The van der Waals surface area contributed by atoms with Crippen molar-refractivity contribution in [2.45, 2.75) is 25.3 Å². The molecule has 6 heteroatoms. The Balaban J connectivity index is 1.60. The first-order chi connectivity index (χ1) is 9.65. The van der Waals surface area contributed by atoms with Gasteiger partial charge < -0.3 is 5.32 Å². The summed E-state index contributed by atoms with van der Waals surface area (Å²) in [6.07, 6.45) is 2.30. The number of amides is 1. The maximum absolute atomic E-state index is 12.2. The Kier molecular flexibility index (Phi) is 3.44. The number of hydrogen-bond acceptors (Lipinski definition) is 3. The van der Waals surface area contributed by atoms with Gasteiger partial charge in [-0.1, -0.05) is 23.7 Å². The molecular formula is C14H15ClN4O. The lowest BCUT2D eigenvalue weighted by atomic mass is 10.1. The minimum Gasteiger partial charge on any atom is -0.346 e. The lowest BCUT2D eigenvalue weighted by Crippen LogP contribution is -2.29. The third-order valence-electron chi connectivity index (χ3n) is 3.61. The molecule has 0 aliphatic heterocycles. The average molecular weight is 291 g/mol. The average Bonchev–Trinajstić information content (AvgIpc) is 3.04. The highest BCUT2D eigenvalue weighted by atomic mass is 35.5. The number of carbonyl (C=O) groups excluding carboxylic acids is 1. The normalized spacial score (nSPS) is 22.3. The number of H-pyrrole nitrogens is 1. The monoisotopic (exact) mass is 290 g/mol. The van der Waals surface area contributed by atoms with Crippen LogP contribution in [0.4, 0.5) is 0 Å². The van der Waals surface area contributed by atoms with Gasteiger partial charge >= 0.3 is 0 Å². The van der Waals surface area contributed by atoms with Gasteiger partial charge in [-0.15, -0.1) is 0 Å². The third kappa shape index (κ3) is 2.67. The molecule has 2 aromatic rings. The standard InChI is InChI=1S/C14H15ClN4O/c1-8(13-16-7-17-19-13)18-14(20)12-6-11(12)9-3-2-4-10(15)5-9/h2-5,7-8,11-12H,6H2,1H3,(H,18,20)(H,16,17,19)/t8?,11-,12+/m0/s1. The number of benzene rings is 1. The summed E-state index contributed by atoms with van der Waals surface area (Å²) in [5.74, 6) is 1.02. The molecule has 1 aromatic heterocycles. The van der Waals surface area contributed by atoms with Crippen LogP contribution in [0.5, 0.6) is 0 Å². The summed E-state index contributed by atoms with van der Waals surface area (Å²) in [6.45, 7) is 1.88. The fraction of sp³-hybridized carbons (Fsp3) is 0.357. The highest BCUT2D eigenvalue weighted by Gasteiger charge is 2.44. The first-order valence-electron chi connectivity index (χ1n) is 6.56. The minimum absolute atomic E-state index is 0.0267. The van der Waals surface area contributed by atoms with Crippen molar-refractivity contribution in [1.82, 2.24) is 20.5 Å². The van der Waals surface area contributed by atoms with E-state index in [4.69, 9.17) is 11.6 Å². The molecule has 0 spiro atoms. The number of rotatable bonds is 4. The summed E-state index contributed by atoms with van der Waals surface area (Å²) in [6, 6.07) is 7.55. The van der Waals surface area contributed by atoms with Crippen molar-refractivity contribution in [2.75, 3.05) is 0 Å². The molecule has 1 amide bonds. The predicted octanol–water partition coefficient (Wildman–Crippen LogP) is 2.44. The first-order valence-corrected chi connectivity index (χ1v) is 6.94. The topological polar surface area (TPSA) is 70.7 Å². The molecule has 0 radical (unpaired) electrons. The Hall–Kier alpha value is -1.88. The quantitative estimate of drug-likeness (QED) is 0.908. The van der Waals surface area contributed by atoms with Crippen molar-refractivity contribution < 1.29 is 4.79 Å². The molecule has 1 fully saturated rings. The van der Waals surface area contributed by atoms with Gasteiger partial charge in [0.15, 0.2) is 0 Å². The van der Waals surface area contributed by atoms with Crippen LogP contribution >= 0.6 is 11.6 Å². The Morgan fingerprint density at radius 3 is 3.10 bits per heavy atom. The number of halogens is 1. The van der Waals surface area contributed by atoms with Crippen LogP contribution in [0.3, 0.4) is 0 Å². The zero-order chi connectivity index (χ0) is 14.1. The minimum atomic E-state index is -0.161. The molecule has 3 atom stereocenters. The molecule has 1 aliphatic rings. The highest BCUT2D eigenvalue weighted by Crippen LogP contribution is 2.48. The molecule has 0 saturated heterocycles. The van der Waals surface area contributed by atoms with Crippen LogP contribution in [-0.2, 0) is 4.79 Å². The van der Waals surface area contributed by atoms with Crippen LogP contribution in [0.15, 0.2) is 30.6 Å². The van der Waals surface area contributed by atoms with Gasteiger partial charge in [-0.25, -0.2) is 4.98 Å². The highest BCUT2D eigenvalue weighted by molar-refractivity contribution is 6.30. The van der Waals surface area contributed by atoms with Crippen molar-refractivity contribution in [2.24, 2.45) is 5.92 Å². The second-order valence-electron chi connectivity index (χ2n) is 5.10. The Labute approximate surface area is 121 Å². The predicted molar refractivity (Wildman–Crippen MR) is 75.2 cm³/mol. The van der Waals surface area contributed by atoms with Crippen LogP contribution in [0.25, 0.3) is 0 Å². The number of aromatic amines is 1. The van der Waals surface area contributed by atoms with Crippen molar-refractivity contribution in [1.29, 1.82) is 0 Å². The van der Waals surface area contributed by atoms with E-state index in [1.807, 2.05) is 31.2 Å². The summed E-state index contributed by atoms with van der Waals surface area (Å²) >= 11 is 5.98. The molecule has 1 saturated carbocycles. The summed E-state index contributed by atoms with van der Waals surface area (Å²) < 4.78 is 0. The number of hydrogen-bond donors (Lipinski definition) is 2. The number of aromatic nitrogens is 3. The van der Waals surface area contributed by atoms with Crippen LogP contribution < -0.4 is 5.32 Å². The van der Waals surface area contributed by atoms with E-state index in [1.54, 1.807) is 0 Å². The van der Waals surface area contributed by atoms with Crippen molar-refractivity contribution in [3.63, 3.8) is 0 Å². The fourth-order valence-corrected chi connectivity index (χ4v) is 2.60. The molecule has 20 heavy (non-hydrogen) atoms. The molecule has 1 unspecified atom stereocenters. The molecule has 0 bridgehead atoms. The van der Waals surface area contributed by atoms with E-state index in [-0.39, 0.29) is 23.8 Å². The Morgan fingerprint density at radius 1 is 1.55 bits per heavy atom. The molecule has 1 aliphatic carbocycles. The Morgan fingerprint density at radius 2 is 2.40 bits per heavy atom. The molecule has 1 heterocycles. The van der Waals surface area contributed by atoms with Crippen LogP contribution in [0.2, 0.25) is 5.02 Å². The molecule has 104 valence electrons. The van der Waals surface area contributed by atoms with Gasteiger partial charge in [0.2, 0.25) is 5.91 Å². The second-order valence-corrected chi connectivity index (χ2v) is 5.54. The summed E-state index contributed by atoms with van der Waals surface area (Å²) in [5.41, 5.74) is 1.13. The summed E-state index contributed by atoms with van der Waals surface area (Å²) in [5, 5.41) is 10.2. The van der Waals surface area contributed by atoms with E-state index in [0.29, 0.717) is 10.8 Å². The van der Waals surface area contributed by atoms with Crippen LogP contribution in [0, 0.1) is 5.92 Å². The number of carbonyl (C=O) groups is 1. The molecule has 5 nitrogen and oxygen atoms in total. The van der Waals surface area contributed by atoms with Crippen LogP contribution in [0.1, 0.15) is 36.7 Å². The third-order valence-corrected chi connectivity index (χ3v) is 3.84. The van der Waals surface area contributed by atoms with Gasteiger partial charge in [-0.3, -0.25) is 9.89 Å². The van der Waals surface area contributed by atoms with E-state index in [2.05, 4.69) is 20.5 Å². The van der Waals surface area contributed by atoms with E-state index in [9.17, 15) is 4.79 Å². The zero-order valence-corrected chi connectivity index (χ0v) is 11.8. The van der Waals surface area contributed by atoms with Gasteiger partial charge in [0.1, 0.15) is 12.2 Å². The Bertz CT molecular complexity index is 613. The van der Waals surface area contributed by atoms with Crippen molar-refractivity contribution in [3.05, 3.63) is 47.0 Å². The largest absolute Gasteiger partial charge is 0.346 e. The van der Waals surface area contributed by atoms with Gasteiger partial charge in [0.25, 0.3) is 0 Å². The SMILES string of the molecule is CC(NC(=O)[C@@H]1C[C@H]1c1cccc(Cl)c1)c1ncn[nH]1. The summed E-state index contributed by atoms with van der Waals surface area (Å²) in [7, 11) is 0. The van der Waals surface area contributed by atoms with Crippen molar-refractivity contribution >= 4 is 17.5 Å². The number of nitrogens with one attached hydrogen (secondary N) is 2. The van der Waals surface area contributed by atoms with E-state index < -0.39 is 0 Å². The lowest BCUT2D eigenvalue weighted by molar-refractivity contribution is -0.123. The maximum Gasteiger partial charge on any atom is 0.224 e. The van der Waals surface area contributed by atoms with Gasteiger partial charge in [-0.2, -0.15) is 5.10 Å². The number of nitrogens with zero attached hydrogens (tertiary/aromatic N) is 2. The maximum atomic E-state index is 12.2. The fourth-order valence-electron chi connectivity index (χ4n) is 2.40. The van der Waals surface area contributed by atoms with Gasteiger partial charge in [0, 0.05) is 10.9 Å². The van der Waals surface area contributed by atoms with Crippen LogP contribution in [-0.4, -0.2) is 21.1 Å². The van der Waals surface area contributed by atoms with Gasteiger partial charge in [0.05, 0.1) is 6.04 Å². The summed E-state index contributed by atoms with van der Waals surface area (Å²) in [4.78, 5) is 16.2. The molecular weight excluding hydrogens is 276 g/mol. The first kappa shape index (κ1) is 13.1. The molecule has 2 N–H and O–H groups in total. The van der Waals surface area contributed by atoms with Crippen molar-refractivity contribution in [3.8, 4) is 0 Å². The van der Waals surface area contributed by atoms with E-state index >= 15 is 0 Å². The van der Waals surface area contributed by atoms with E-state index in [1.165, 1.54) is 6.33 Å². The molecule has 3 rings (SSSR count). The smallest absolute Gasteiger partial charge is 0.224 e. The van der Waals surface area contributed by atoms with Gasteiger partial charge in [-0.05, 0) is 37.0 Å². The molecule has 1 aromatic carbocycles. The van der Waals surface area contributed by atoms with E-state index in [0.717, 1.165) is 12.0 Å². The zero-order valence-electron chi connectivity index (χ0n) is 11.0. The lowest BCUT2D eigenvalue weighted by Gasteiger charge is -2.10.